The highest BCUT2D eigenvalue weighted by atomic mass is 35.5. The van der Waals surface area contributed by atoms with Crippen molar-refractivity contribution >= 4 is 29.9 Å². The van der Waals surface area contributed by atoms with Gasteiger partial charge in [-0.1, -0.05) is 26.0 Å². The number of nitrogens with two attached hydrogens (primary N) is 1. The monoisotopic (exact) mass is 365 g/mol. The minimum absolute atomic E-state index is 0. The van der Waals surface area contributed by atoms with Gasteiger partial charge in [-0.25, -0.2) is 0 Å². The Balaban J connectivity index is 0.00000225. The summed E-state index contributed by atoms with van der Waals surface area (Å²) in [5, 5.41) is 0. The quantitative estimate of drug-likeness (QED) is 0.889. The molecule has 2 N–H and O–H groups in total. The van der Waals surface area contributed by atoms with Crippen molar-refractivity contribution < 1.29 is 9.59 Å². The molecule has 0 aliphatic carbocycles. The van der Waals surface area contributed by atoms with Gasteiger partial charge >= 0.3 is 0 Å². The van der Waals surface area contributed by atoms with Gasteiger partial charge in [0.25, 0.3) is 0 Å². The predicted molar refractivity (Wildman–Crippen MR) is 102 cm³/mol. The normalized spacial score (nSPS) is 26.0. The van der Waals surface area contributed by atoms with Crippen molar-refractivity contribution in [3.63, 3.8) is 0 Å². The average molecular weight is 366 g/mol. The minimum Gasteiger partial charge on any atom is -0.342 e. The number of carbonyl (C=O) groups excluding carboxylic acids is 2. The summed E-state index contributed by atoms with van der Waals surface area (Å²) in [7, 11) is 0. The Kier molecular flexibility index (Phi) is 6.12. The van der Waals surface area contributed by atoms with Crippen LogP contribution in [0.3, 0.4) is 0 Å². The molecule has 2 aliphatic heterocycles. The maximum atomic E-state index is 12.8. The predicted octanol–water partition coefficient (Wildman–Crippen LogP) is 2.22. The molecule has 0 bridgehead atoms. The Labute approximate surface area is 155 Å². The van der Waals surface area contributed by atoms with E-state index in [4.69, 9.17) is 5.73 Å². The first-order chi connectivity index (χ1) is 11.5. The largest absolute Gasteiger partial charge is 0.342 e. The molecule has 2 aliphatic rings. The smallest absolute Gasteiger partial charge is 0.228 e. The Morgan fingerprint density at radius 1 is 1.32 bits per heavy atom. The van der Waals surface area contributed by atoms with Gasteiger partial charge in [0.05, 0.1) is 5.92 Å². The maximum absolute atomic E-state index is 12.8. The molecular weight excluding hydrogens is 338 g/mol. The van der Waals surface area contributed by atoms with Crippen LogP contribution >= 0.6 is 12.4 Å². The summed E-state index contributed by atoms with van der Waals surface area (Å²) >= 11 is 0. The van der Waals surface area contributed by atoms with Crippen molar-refractivity contribution in [2.45, 2.75) is 33.1 Å². The maximum Gasteiger partial charge on any atom is 0.228 e. The lowest BCUT2D eigenvalue weighted by Crippen LogP contribution is -2.38. The lowest BCUT2D eigenvalue weighted by Gasteiger charge is -2.24. The van der Waals surface area contributed by atoms with Gasteiger partial charge < -0.3 is 15.5 Å². The standard InChI is InChI=1S/C19H27N3O2.ClH/c1-3-14-4-6-16(7-5-14)22-11-15(10-17(22)23)18(24)21-9-8-19(2,12-20)13-21;/h4-7,15H,3,8-13,20H2,1-2H3;1H. The molecule has 6 heteroatoms. The van der Waals surface area contributed by atoms with Crippen molar-refractivity contribution in [2.24, 2.45) is 17.1 Å². The highest BCUT2D eigenvalue weighted by Crippen LogP contribution is 2.32. The summed E-state index contributed by atoms with van der Waals surface area (Å²) in [5.74, 6) is -0.0879. The molecule has 2 heterocycles. The first-order valence-electron chi connectivity index (χ1n) is 8.84. The summed E-state index contributed by atoms with van der Waals surface area (Å²) in [6.07, 6.45) is 2.23. The average Bonchev–Trinajstić information content (AvgIpc) is 3.18. The second-order valence-electron chi connectivity index (χ2n) is 7.45. The highest BCUT2D eigenvalue weighted by Gasteiger charge is 2.41. The molecule has 2 unspecified atom stereocenters. The van der Waals surface area contributed by atoms with E-state index in [1.165, 1.54) is 5.56 Å². The fraction of sp³-hybridized carbons (Fsp3) is 0.579. The van der Waals surface area contributed by atoms with Crippen LogP contribution in [0, 0.1) is 11.3 Å². The SMILES string of the molecule is CCc1ccc(N2CC(C(=O)N3CCC(C)(CN)C3)CC2=O)cc1.Cl. The van der Waals surface area contributed by atoms with Crippen LogP contribution in [0.2, 0.25) is 0 Å². The Hall–Kier alpha value is -1.59. The number of aryl methyl sites for hydroxylation is 1. The summed E-state index contributed by atoms with van der Waals surface area (Å²) < 4.78 is 0. The molecule has 0 aromatic heterocycles. The Morgan fingerprint density at radius 3 is 2.56 bits per heavy atom. The number of carbonyl (C=O) groups is 2. The third-order valence-electron chi connectivity index (χ3n) is 5.49. The number of hydrogen-bond acceptors (Lipinski definition) is 3. The molecule has 2 fully saturated rings. The Morgan fingerprint density at radius 2 is 2.00 bits per heavy atom. The number of anilines is 1. The van der Waals surface area contributed by atoms with Gasteiger partial charge in [-0.2, -0.15) is 0 Å². The molecule has 2 atom stereocenters. The highest BCUT2D eigenvalue weighted by molar-refractivity contribution is 6.00. The summed E-state index contributed by atoms with van der Waals surface area (Å²) in [6, 6.07) is 8.05. The zero-order chi connectivity index (χ0) is 17.3. The summed E-state index contributed by atoms with van der Waals surface area (Å²) in [5.41, 5.74) is 7.99. The van der Waals surface area contributed by atoms with Gasteiger partial charge in [0, 0.05) is 31.7 Å². The number of halogens is 1. The van der Waals surface area contributed by atoms with Gasteiger partial charge in [-0.15, -0.1) is 12.4 Å². The summed E-state index contributed by atoms with van der Waals surface area (Å²) in [4.78, 5) is 28.8. The van der Waals surface area contributed by atoms with Gasteiger partial charge in [0.2, 0.25) is 11.8 Å². The molecule has 0 saturated carbocycles. The molecule has 1 aromatic rings. The van der Waals surface area contributed by atoms with Crippen LogP contribution in [0.25, 0.3) is 0 Å². The van der Waals surface area contributed by atoms with Crippen molar-refractivity contribution in [2.75, 3.05) is 31.1 Å². The van der Waals surface area contributed by atoms with Gasteiger partial charge in [0.15, 0.2) is 0 Å². The van der Waals surface area contributed by atoms with E-state index < -0.39 is 0 Å². The molecule has 2 amide bonds. The van der Waals surface area contributed by atoms with Crippen molar-refractivity contribution in [3.05, 3.63) is 29.8 Å². The van der Waals surface area contributed by atoms with Crippen LogP contribution in [0.1, 0.15) is 32.3 Å². The van der Waals surface area contributed by atoms with Crippen LogP contribution in [0.5, 0.6) is 0 Å². The van der Waals surface area contributed by atoms with Crippen LogP contribution in [0.15, 0.2) is 24.3 Å². The first kappa shape index (κ1) is 19.7. The van der Waals surface area contributed by atoms with E-state index in [0.717, 1.165) is 25.1 Å². The second kappa shape index (κ2) is 7.75. The molecule has 5 nitrogen and oxygen atoms in total. The van der Waals surface area contributed by atoms with Crippen molar-refractivity contribution in [1.82, 2.24) is 4.90 Å². The van der Waals surface area contributed by atoms with Crippen molar-refractivity contribution in [1.29, 1.82) is 0 Å². The lowest BCUT2D eigenvalue weighted by molar-refractivity contribution is -0.135. The number of rotatable bonds is 4. The van der Waals surface area contributed by atoms with E-state index in [2.05, 4.69) is 13.8 Å². The second-order valence-corrected chi connectivity index (χ2v) is 7.45. The van der Waals surface area contributed by atoms with E-state index in [1.807, 2.05) is 29.2 Å². The molecule has 3 rings (SSSR count). The van der Waals surface area contributed by atoms with E-state index >= 15 is 0 Å². The molecule has 0 radical (unpaired) electrons. The first-order valence-corrected chi connectivity index (χ1v) is 8.84. The fourth-order valence-electron chi connectivity index (χ4n) is 3.67. The zero-order valence-corrected chi connectivity index (χ0v) is 15.8. The van der Waals surface area contributed by atoms with E-state index in [0.29, 0.717) is 26.1 Å². The number of amides is 2. The molecule has 25 heavy (non-hydrogen) atoms. The van der Waals surface area contributed by atoms with Gasteiger partial charge in [-0.05, 0) is 42.5 Å². The molecule has 1 aromatic carbocycles. The van der Waals surface area contributed by atoms with Crippen LogP contribution in [-0.4, -0.2) is 42.9 Å². The number of likely N-dealkylation sites (tertiary alicyclic amines) is 1. The molecule has 0 spiro atoms. The van der Waals surface area contributed by atoms with Crippen LogP contribution in [0.4, 0.5) is 5.69 Å². The molecular formula is C19H28ClN3O2. The van der Waals surface area contributed by atoms with Gasteiger partial charge in [0.1, 0.15) is 0 Å². The minimum atomic E-state index is -0.233. The number of benzene rings is 1. The van der Waals surface area contributed by atoms with Gasteiger partial charge in [-0.3, -0.25) is 9.59 Å². The third-order valence-corrected chi connectivity index (χ3v) is 5.49. The molecule has 2 saturated heterocycles. The van der Waals surface area contributed by atoms with E-state index in [1.54, 1.807) is 4.90 Å². The van der Waals surface area contributed by atoms with E-state index in [-0.39, 0.29) is 35.6 Å². The van der Waals surface area contributed by atoms with E-state index in [9.17, 15) is 9.59 Å². The number of hydrogen-bond donors (Lipinski definition) is 1. The van der Waals surface area contributed by atoms with Crippen LogP contribution in [-0.2, 0) is 16.0 Å². The topological polar surface area (TPSA) is 66.6 Å². The lowest BCUT2D eigenvalue weighted by atomic mass is 9.90. The number of nitrogens with zero attached hydrogens (tertiary/aromatic N) is 2. The summed E-state index contributed by atoms with van der Waals surface area (Å²) in [6.45, 7) is 6.77. The van der Waals surface area contributed by atoms with Crippen molar-refractivity contribution in [3.8, 4) is 0 Å². The third kappa shape index (κ3) is 3.98. The fourth-order valence-corrected chi connectivity index (χ4v) is 3.67. The Bertz CT molecular complexity index is 634. The van der Waals surface area contributed by atoms with Crippen LogP contribution < -0.4 is 10.6 Å². The zero-order valence-electron chi connectivity index (χ0n) is 15.0. The molecule has 138 valence electrons.